The van der Waals surface area contributed by atoms with Crippen LogP contribution in [0.4, 0.5) is 0 Å². The first kappa shape index (κ1) is 17.5. The summed E-state index contributed by atoms with van der Waals surface area (Å²) in [5, 5.41) is 0. The van der Waals surface area contributed by atoms with Crippen LogP contribution in [0.5, 0.6) is 5.75 Å². The molecule has 0 heterocycles. The summed E-state index contributed by atoms with van der Waals surface area (Å²) in [5.74, 6) is 0.314. The summed E-state index contributed by atoms with van der Waals surface area (Å²) in [5.41, 5.74) is 0.929. The molecule has 1 aromatic rings. The third-order valence-electron chi connectivity index (χ3n) is 2.92. The molecule has 0 saturated carbocycles. The second kappa shape index (κ2) is 6.93. The fourth-order valence-corrected chi connectivity index (χ4v) is 2.33. The van der Waals surface area contributed by atoms with Gasteiger partial charge in [-0.3, -0.25) is 4.79 Å². The fourth-order valence-electron chi connectivity index (χ4n) is 1.87. The summed E-state index contributed by atoms with van der Waals surface area (Å²) < 4.78 is 26.9. The van der Waals surface area contributed by atoms with Crippen molar-refractivity contribution in [2.24, 2.45) is 5.92 Å². The topological polar surface area (TPSA) is 63.7 Å². The quantitative estimate of drug-likeness (QED) is 0.757. The molecule has 0 aliphatic carbocycles. The molecule has 6 heteroatoms. The highest BCUT2D eigenvalue weighted by Crippen LogP contribution is 2.17. The van der Waals surface area contributed by atoms with Gasteiger partial charge in [0.25, 0.3) is 0 Å². The van der Waals surface area contributed by atoms with Gasteiger partial charge in [-0.1, -0.05) is 26.0 Å². The number of carbonyl (C=O) groups excluding carboxylic acids is 1. The molecule has 0 aliphatic rings. The highest BCUT2D eigenvalue weighted by molar-refractivity contribution is 7.86. The molecule has 0 aromatic heterocycles. The van der Waals surface area contributed by atoms with E-state index in [1.54, 1.807) is 29.2 Å². The Morgan fingerprint density at radius 3 is 2.05 bits per heavy atom. The monoisotopic (exact) mass is 313 g/mol. The molecule has 0 radical (unpaired) electrons. The van der Waals surface area contributed by atoms with Crippen LogP contribution in [0.1, 0.15) is 33.3 Å². The Bertz CT molecular complexity index is 576. The number of hydrogen-bond donors (Lipinski definition) is 0. The lowest BCUT2D eigenvalue weighted by Crippen LogP contribution is -2.38. The van der Waals surface area contributed by atoms with Gasteiger partial charge in [0.15, 0.2) is 0 Å². The van der Waals surface area contributed by atoms with E-state index in [0.717, 1.165) is 11.8 Å². The van der Waals surface area contributed by atoms with Crippen molar-refractivity contribution in [3.8, 4) is 5.75 Å². The van der Waals surface area contributed by atoms with Gasteiger partial charge < -0.3 is 9.08 Å². The van der Waals surface area contributed by atoms with E-state index in [0.29, 0.717) is 6.54 Å². The molecule has 0 bridgehead atoms. The first-order valence-electron chi connectivity index (χ1n) is 6.89. The summed E-state index contributed by atoms with van der Waals surface area (Å²) >= 11 is 0. The van der Waals surface area contributed by atoms with E-state index in [1.165, 1.54) is 0 Å². The van der Waals surface area contributed by atoms with Crippen LogP contribution in [0.3, 0.4) is 0 Å². The average Bonchev–Trinajstić information content (AvgIpc) is 2.34. The first-order chi connectivity index (χ1) is 9.60. The van der Waals surface area contributed by atoms with Gasteiger partial charge in [-0.2, -0.15) is 8.42 Å². The minimum atomic E-state index is -3.52. The van der Waals surface area contributed by atoms with Gasteiger partial charge in [0.1, 0.15) is 5.75 Å². The number of carbonyl (C=O) groups is 1. The van der Waals surface area contributed by atoms with Gasteiger partial charge in [0.2, 0.25) is 5.91 Å². The first-order valence-corrected chi connectivity index (χ1v) is 8.70. The van der Waals surface area contributed by atoms with Gasteiger partial charge >= 0.3 is 10.1 Å². The van der Waals surface area contributed by atoms with E-state index in [1.807, 2.05) is 27.7 Å². The van der Waals surface area contributed by atoms with Gasteiger partial charge in [-0.15, -0.1) is 0 Å². The van der Waals surface area contributed by atoms with Crippen LogP contribution in [0.25, 0.3) is 0 Å². The van der Waals surface area contributed by atoms with Crippen molar-refractivity contribution in [1.82, 2.24) is 4.90 Å². The van der Waals surface area contributed by atoms with E-state index < -0.39 is 10.1 Å². The summed E-state index contributed by atoms with van der Waals surface area (Å²) in [6.45, 7) is 8.19. The van der Waals surface area contributed by atoms with E-state index >= 15 is 0 Å². The third-order valence-corrected chi connectivity index (χ3v) is 3.42. The normalized spacial score (nSPS) is 11.8. The highest BCUT2D eigenvalue weighted by Gasteiger charge is 2.20. The lowest BCUT2D eigenvalue weighted by atomic mass is 10.1. The Morgan fingerprint density at radius 1 is 1.14 bits per heavy atom. The maximum absolute atomic E-state index is 12.2. The summed E-state index contributed by atoms with van der Waals surface area (Å²) in [7, 11) is -3.52. The van der Waals surface area contributed by atoms with Gasteiger partial charge in [-0.25, -0.2) is 0 Å². The molecule has 0 saturated heterocycles. The minimum Gasteiger partial charge on any atom is -0.383 e. The molecule has 0 aliphatic heterocycles. The third kappa shape index (κ3) is 5.75. The molecule has 1 aromatic carbocycles. The van der Waals surface area contributed by atoms with Crippen LogP contribution in [0, 0.1) is 5.92 Å². The number of nitrogens with zero attached hydrogens (tertiary/aromatic N) is 1. The van der Waals surface area contributed by atoms with E-state index in [4.69, 9.17) is 4.18 Å². The highest BCUT2D eigenvalue weighted by atomic mass is 32.2. The molecular formula is C15H23NO4S. The van der Waals surface area contributed by atoms with Crippen molar-refractivity contribution in [2.45, 2.75) is 40.3 Å². The van der Waals surface area contributed by atoms with Crippen molar-refractivity contribution in [3.63, 3.8) is 0 Å². The van der Waals surface area contributed by atoms with E-state index in [2.05, 4.69) is 0 Å². The number of amides is 1. The zero-order valence-electron chi connectivity index (χ0n) is 13.2. The summed E-state index contributed by atoms with van der Waals surface area (Å²) in [6.07, 6.45) is 1.00. The summed E-state index contributed by atoms with van der Waals surface area (Å²) in [4.78, 5) is 14.0. The van der Waals surface area contributed by atoms with Crippen LogP contribution in [0.2, 0.25) is 0 Å². The predicted molar refractivity (Wildman–Crippen MR) is 82.4 cm³/mol. The van der Waals surface area contributed by atoms with Crippen molar-refractivity contribution in [2.75, 3.05) is 6.26 Å². The average molecular weight is 313 g/mol. The van der Waals surface area contributed by atoms with Crippen molar-refractivity contribution in [1.29, 1.82) is 0 Å². The Kier molecular flexibility index (Phi) is 5.78. The van der Waals surface area contributed by atoms with Gasteiger partial charge in [0, 0.05) is 18.5 Å². The summed E-state index contributed by atoms with van der Waals surface area (Å²) in [6, 6.07) is 6.82. The second-order valence-corrected chi connectivity index (χ2v) is 7.22. The molecule has 21 heavy (non-hydrogen) atoms. The molecule has 0 atom stereocenters. The Hall–Kier alpha value is -1.56. The van der Waals surface area contributed by atoms with Crippen molar-refractivity contribution < 1.29 is 17.4 Å². The zero-order valence-corrected chi connectivity index (χ0v) is 14.0. The predicted octanol–water partition coefficient (Wildman–Crippen LogP) is 2.42. The number of rotatable bonds is 6. The molecule has 118 valence electrons. The van der Waals surface area contributed by atoms with Crippen molar-refractivity contribution >= 4 is 16.0 Å². The standard InChI is InChI=1S/C15H23NO4S/c1-11(2)15(17)16(12(3)4)10-13-6-8-14(9-7-13)20-21(5,18)19/h6-9,11-12H,10H2,1-5H3. The Balaban J connectivity index is 2.84. The second-order valence-electron chi connectivity index (χ2n) is 5.65. The largest absolute Gasteiger partial charge is 0.383 e. The molecule has 0 spiro atoms. The van der Waals surface area contributed by atoms with Crippen LogP contribution in [0.15, 0.2) is 24.3 Å². The van der Waals surface area contributed by atoms with Crippen LogP contribution in [-0.4, -0.2) is 31.5 Å². The maximum Gasteiger partial charge on any atom is 0.306 e. The maximum atomic E-state index is 12.2. The van der Waals surface area contributed by atoms with Crippen molar-refractivity contribution in [3.05, 3.63) is 29.8 Å². The molecule has 1 rings (SSSR count). The molecule has 0 unspecified atom stereocenters. The van der Waals surface area contributed by atoms with Crippen LogP contribution >= 0.6 is 0 Å². The van der Waals surface area contributed by atoms with E-state index in [-0.39, 0.29) is 23.6 Å². The molecule has 0 fully saturated rings. The van der Waals surface area contributed by atoms with Gasteiger partial charge in [-0.05, 0) is 31.5 Å². The molecule has 0 N–H and O–H groups in total. The molecular weight excluding hydrogens is 290 g/mol. The molecule has 1 amide bonds. The number of hydrogen-bond acceptors (Lipinski definition) is 4. The molecule has 5 nitrogen and oxygen atoms in total. The smallest absolute Gasteiger partial charge is 0.306 e. The number of benzene rings is 1. The Labute approximate surface area is 127 Å². The lowest BCUT2D eigenvalue weighted by molar-refractivity contribution is -0.136. The Morgan fingerprint density at radius 2 is 1.67 bits per heavy atom. The van der Waals surface area contributed by atoms with Crippen LogP contribution < -0.4 is 4.18 Å². The fraction of sp³-hybridized carbons (Fsp3) is 0.533. The van der Waals surface area contributed by atoms with Gasteiger partial charge in [0.05, 0.1) is 6.26 Å². The van der Waals surface area contributed by atoms with E-state index in [9.17, 15) is 13.2 Å². The SMILES string of the molecule is CC(C)C(=O)N(Cc1ccc(OS(C)(=O)=O)cc1)C(C)C. The minimum absolute atomic E-state index is 0.0553. The lowest BCUT2D eigenvalue weighted by Gasteiger charge is -2.28. The van der Waals surface area contributed by atoms with Crippen LogP contribution in [-0.2, 0) is 21.5 Å². The zero-order chi connectivity index (χ0) is 16.2.